The molecular weight excluding hydrogens is 244 g/mol. The lowest BCUT2D eigenvalue weighted by atomic mass is 10.2. The van der Waals surface area contributed by atoms with Crippen molar-refractivity contribution in [1.82, 2.24) is 15.0 Å². The standard InChI is InChI=1S/C13H16N4S/c1-9(2)12-15-11(16-13(14)17-12)8-18-10-6-4-3-5-7-10/h3-7,9H,8H2,1-2H3,(H2,14,15,16,17). The van der Waals surface area contributed by atoms with Crippen LogP contribution in [0.2, 0.25) is 0 Å². The number of anilines is 1. The van der Waals surface area contributed by atoms with Crippen molar-refractivity contribution in [2.45, 2.75) is 30.4 Å². The van der Waals surface area contributed by atoms with Crippen molar-refractivity contribution >= 4 is 17.7 Å². The summed E-state index contributed by atoms with van der Waals surface area (Å²) in [6, 6.07) is 10.2. The summed E-state index contributed by atoms with van der Waals surface area (Å²) in [5.41, 5.74) is 5.69. The first-order valence-electron chi connectivity index (χ1n) is 5.83. The van der Waals surface area contributed by atoms with Crippen molar-refractivity contribution in [3.63, 3.8) is 0 Å². The van der Waals surface area contributed by atoms with Gasteiger partial charge in [0, 0.05) is 10.8 Å². The van der Waals surface area contributed by atoms with Gasteiger partial charge in [-0.3, -0.25) is 0 Å². The van der Waals surface area contributed by atoms with Gasteiger partial charge in [0.25, 0.3) is 0 Å². The van der Waals surface area contributed by atoms with Crippen molar-refractivity contribution < 1.29 is 0 Å². The zero-order chi connectivity index (χ0) is 13.0. The summed E-state index contributed by atoms with van der Waals surface area (Å²) in [6.07, 6.45) is 0. The molecule has 2 N–H and O–H groups in total. The first-order valence-corrected chi connectivity index (χ1v) is 6.82. The van der Waals surface area contributed by atoms with Gasteiger partial charge in [0.2, 0.25) is 5.95 Å². The van der Waals surface area contributed by atoms with Crippen LogP contribution in [-0.4, -0.2) is 15.0 Å². The number of thioether (sulfide) groups is 1. The van der Waals surface area contributed by atoms with Crippen LogP contribution in [0, 0.1) is 0 Å². The number of rotatable bonds is 4. The number of nitrogens with zero attached hydrogens (tertiary/aromatic N) is 3. The molecule has 0 spiro atoms. The van der Waals surface area contributed by atoms with Crippen LogP contribution in [-0.2, 0) is 5.75 Å². The van der Waals surface area contributed by atoms with Gasteiger partial charge in [-0.25, -0.2) is 4.98 Å². The third kappa shape index (κ3) is 3.43. The summed E-state index contributed by atoms with van der Waals surface area (Å²) >= 11 is 1.69. The molecule has 0 unspecified atom stereocenters. The molecule has 0 saturated carbocycles. The fraction of sp³-hybridized carbons (Fsp3) is 0.308. The van der Waals surface area contributed by atoms with Crippen LogP contribution in [0.25, 0.3) is 0 Å². The second-order valence-electron chi connectivity index (χ2n) is 4.22. The molecule has 5 heteroatoms. The monoisotopic (exact) mass is 260 g/mol. The summed E-state index contributed by atoms with van der Waals surface area (Å²) in [6.45, 7) is 4.09. The molecule has 0 fully saturated rings. The van der Waals surface area contributed by atoms with Crippen LogP contribution < -0.4 is 5.73 Å². The second-order valence-corrected chi connectivity index (χ2v) is 5.27. The molecule has 0 saturated heterocycles. The lowest BCUT2D eigenvalue weighted by molar-refractivity contribution is 0.749. The molecule has 1 aromatic carbocycles. The van der Waals surface area contributed by atoms with Gasteiger partial charge in [0.05, 0.1) is 5.75 Å². The van der Waals surface area contributed by atoms with Gasteiger partial charge in [-0.05, 0) is 12.1 Å². The van der Waals surface area contributed by atoms with Crippen LogP contribution in [0.15, 0.2) is 35.2 Å². The first-order chi connectivity index (χ1) is 8.65. The summed E-state index contributed by atoms with van der Waals surface area (Å²) in [5.74, 6) is 2.76. The van der Waals surface area contributed by atoms with Gasteiger partial charge < -0.3 is 5.73 Å². The fourth-order valence-electron chi connectivity index (χ4n) is 1.44. The van der Waals surface area contributed by atoms with E-state index < -0.39 is 0 Å². The molecular formula is C13H16N4S. The normalized spacial score (nSPS) is 10.8. The summed E-state index contributed by atoms with van der Waals surface area (Å²) in [5, 5.41) is 0. The molecule has 18 heavy (non-hydrogen) atoms. The third-order valence-electron chi connectivity index (χ3n) is 2.34. The predicted molar refractivity (Wildman–Crippen MR) is 74.3 cm³/mol. The van der Waals surface area contributed by atoms with Crippen molar-refractivity contribution in [1.29, 1.82) is 0 Å². The van der Waals surface area contributed by atoms with E-state index >= 15 is 0 Å². The van der Waals surface area contributed by atoms with E-state index in [4.69, 9.17) is 5.73 Å². The minimum absolute atomic E-state index is 0.260. The maximum Gasteiger partial charge on any atom is 0.223 e. The third-order valence-corrected chi connectivity index (χ3v) is 3.35. The average Bonchev–Trinajstić information content (AvgIpc) is 2.37. The van der Waals surface area contributed by atoms with Crippen molar-refractivity contribution in [2.24, 2.45) is 0 Å². The number of nitrogens with two attached hydrogens (primary N) is 1. The number of nitrogen functional groups attached to an aromatic ring is 1. The number of hydrogen-bond donors (Lipinski definition) is 1. The van der Waals surface area contributed by atoms with Gasteiger partial charge in [-0.15, -0.1) is 11.8 Å². The zero-order valence-electron chi connectivity index (χ0n) is 10.5. The Morgan fingerprint density at radius 1 is 1.11 bits per heavy atom. The summed E-state index contributed by atoms with van der Waals surface area (Å²) in [7, 11) is 0. The highest BCUT2D eigenvalue weighted by atomic mass is 32.2. The summed E-state index contributed by atoms with van der Waals surface area (Å²) in [4.78, 5) is 13.9. The molecule has 4 nitrogen and oxygen atoms in total. The minimum Gasteiger partial charge on any atom is -0.368 e. The van der Waals surface area contributed by atoms with E-state index in [1.807, 2.05) is 32.0 Å². The van der Waals surface area contributed by atoms with Crippen molar-refractivity contribution in [3.05, 3.63) is 42.0 Å². The Kier molecular flexibility index (Phi) is 4.15. The molecule has 0 aliphatic rings. The second kappa shape index (κ2) is 5.82. The molecule has 0 aliphatic heterocycles. The van der Waals surface area contributed by atoms with Gasteiger partial charge in [-0.1, -0.05) is 32.0 Å². The highest BCUT2D eigenvalue weighted by molar-refractivity contribution is 7.98. The maximum atomic E-state index is 5.69. The molecule has 1 heterocycles. The maximum absolute atomic E-state index is 5.69. The van der Waals surface area contributed by atoms with Crippen LogP contribution in [0.5, 0.6) is 0 Å². The van der Waals surface area contributed by atoms with E-state index in [2.05, 4.69) is 27.1 Å². The van der Waals surface area contributed by atoms with E-state index in [9.17, 15) is 0 Å². The molecule has 94 valence electrons. The molecule has 2 rings (SSSR count). The van der Waals surface area contributed by atoms with Crippen LogP contribution in [0.1, 0.15) is 31.4 Å². The van der Waals surface area contributed by atoms with Gasteiger partial charge in [0.15, 0.2) is 0 Å². The first kappa shape index (κ1) is 12.8. The smallest absolute Gasteiger partial charge is 0.223 e. The molecule has 0 amide bonds. The van der Waals surface area contributed by atoms with Crippen molar-refractivity contribution in [2.75, 3.05) is 5.73 Å². The van der Waals surface area contributed by atoms with Crippen LogP contribution >= 0.6 is 11.8 Å². The summed E-state index contributed by atoms with van der Waals surface area (Å²) < 4.78 is 0. The Bertz CT molecular complexity index is 514. The highest BCUT2D eigenvalue weighted by Gasteiger charge is 2.08. The quantitative estimate of drug-likeness (QED) is 0.856. The molecule has 0 bridgehead atoms. The Morgan fingerprint density at radius 3 is 2.50 bits per heavy atom. The molecule has 1 aromatic heterocycles. The zero-order valence-corrected chi connectivity index (χ0v) is 11.3. The van der Waals surface area contributed by atoms with E-state index in [1.165, 1.54) is 4.90 Å². The topological polar surface area (TPSA) is 64.7 Å². The minimum atomic E-state index is 0.260. The largest absolute Gasteiger partial charge is 0.368 e. The lowest BCUT2D eigenvalue weighted by Gasteiger charge is -2.07. The van der Waals surface area contributed by atoms with E-state index in [1.54, 1.807) is 11.8 Å². The number of benzene rings is 1. The molecule has 2 aromatic rings. The fourth-order valence-corrected chi connectivity index (χ4v) is 2.22. The lowest BCUT2D eigenvalue weighted by Crippen LogP contribution is -2.07. The van der Waals surface area contributed by atoms with Crippen molar-refractivity contribution in [3.8, 4) is 0 Å². The van der Waals surface area contributed by atoms with E-state index in [-0.39, 0.29) is 5.92 Å². The van der Waals surface area contributed by atoms with Gasteiger partial charge in [0.1, 0.15) is 11.6 Å². The average molecular weight is 260 g/mol. The van der Waals surface area contributed by atoms with Crippen LogP contribution in [0.4, 0.5) is 5.95 Å². The Morgan fingerprint density at radius 2 is 1.83 bits per heavy atom. The van der Waals surface area contributed by atoms with Gasteiger partial charge >= 0.3 is 0 Å². The Hall–Kier alpha value is -1.62. The number of aromatic nitrogens is 3. The number of hydrogen-bond acceptors (Lipinski definition) is 5. The SMILES string of the molecule is CC(C)c1nc(N)nc(CSc2ccccc2)n1. The van der Waals surface area contributed by atoms with E-state index in [0.29, 0.717) is 11.7 Å². The molecule has 0 radical (unpaired) electrons. The van der Waals surface area contributed by atoms with Gasteiger partial charge in [-0.2, -0.15) is 9.97 Å². The molecule has 0 aliphatic carbocycles. The van der Waals surface area contributed by atoms with E-state index in [0.717, 1.165) is 11.6 Å². The predicted octanol–water partition coefficient (Wildman–Crippen LogP) is 2.87. The van der Waals surface area contributed by atoms with Crippen LogP contribution in [0.3, 0.4) is 0 Å². The Labute approximate surface area is 111 Å². The molecule has 0 atom stereocenters. The Balaban J connectivity index is 2.10. The highest BCUT2D eigenvalue weighted by Crippen LogP contribution is 2.21.